The molecule has 4 nitrogen and oxygen atoms in total. The molecule has 1 amide bonds. The maximum absolute atomic E-state index is 10.7. The van der Waals surface area contributed by atoms with E-state index < -0.39 is 0 Å². The van der Waals surface area contributed by atoms with Crippen molar-refractivity contribution in [3.05, 3.63) is 0 Å². The molecule has 1 unspecified atom stereocenters. The third-order valence-corrected chi connectivity index (χ3v) is 1.29. The van der Waals surface area contributed by atoms with E-state index in [0.29, 0.717) is 5.12 Å². The van der Waals surface area contributed by atoms with Crippen molar-refractivity contribution in [3.8, 4) is 0 Å². The third kappa shape index (κ3) is 2.43. The molecule has 0 spiro atoms. The van der Waals surface area contributed by atoms with E-state index in [-0.39, 0.29) is 11.8 Å². The Bertz CT molecular complexity index is 102. The van der Waals surface area contributed by atoms with E-state index in [1.54, 1.807) is 6.92 Å². The van der Waals surface area contributed by atoms with Gasteiger partial charge in [0.05, 0.1) is 0 Å². The van der Waals surface area contributed by atoms with E-state index in [0.717, 1.165) is 6.42 Å². The standard InChI is InChI=1S/C5H13N3O/c1-3-4(2)5(9)8(6)7/h4H,3,6-7H2,1-2H3. The van der Waals surface area contributed by atoms with Crippen molar-refractivity contribution in [1.82, 2.24) is 5.12 Å². The summed E-state index contributed by atoms with van der Waals surface area (Å²) in [5.41, 5.74) is 0. The highest BCUT2D eigenvalue weighted by Crippen LogP contribution is 2.00. The number of nitrogens with two attached hydrogens (primary N) is 2. The minimum Gasteiger partial charge on any atom is -0.272 e. The zero-order valence-corrected chi connectivity index (χ0v) is 5.79. The lowest BCUT2D eigenvalue weighted by atomic mass is 10.1. The lowest BCUT2D eigenvalue weighted by Crippen LogP contribution is -2.45. The van der Waals surface area contributed by atoms with Crippen molar-refractivity contribution in [3.63, 3.8) is 0 Å². The quantitative estimate of drug-likeness (QED) is 0.304. The zero-order valence-electron chi connectivity index (χ0n) is 5.79. The molecule has 1 atom stereocenters. The topological polar surface area (TPSA) is 72.3 Å². The SMILES string of the molecule is CCC(C)C(=O)N(N)N. The fraction of sp³-hybridized carbons (Fsp3) is 0.800. The van der Waals surface area contributed by atoms with Crippen LogP contribution in [0.1, 0.15) is 20.3 Å². The Morgan fingerprint density at radius 3 is 2.22 bits per heavy atom. The molecular weight excluding hydrogens is 118 g/mol. The summed E-state index contributed by atoms with van der Waals surface area (Å²) in [4.78, 5) is 10.7. The zero-order chi connectivity index (χ0) is 7.44. The maximum atomic E-state index is 10.7. The molecule has 0 heterocycles. The van der Waals surface area contributed by atoms with Gasteiger partial charge in [0.1, 0.15) is 0 Å². The van der Waals surface area contributed by atoms with Gasteiger partial charge in [-0.05, 0) is 6.42 Å². The van der Waals surface area contributed by atoms with Crippen LogP contribution in [0.5, 0.6) is 0 Å². The predicted octanol–water partition coefficient (Wildman–Crippen LogP) is -0.391. The molecule has 54 valence electrons. The Hall–Kier alpha value is -0.610. The molecule has 0 bridgehead atoms. The summed E-state index contributed by atoms with van der Waals surface area (Å²) in [5.74, 6) is 9.65. The first-order chi connectivity index (χ1) is 4.09. The molecule has 0 aromatic heterocycles. The molecule has 9 heavy (non-hydrogen) atoms. The van der Waals surface area contributed by atoms with Gasteiger partial charge in [0.2, 0.25) is 0 Å². The molecule has 0 aromatic carbocycles. The smallest absolute Gasteiger partial charge is 0.253 e. The van der Waals surface area contributed by atoms with Crippen LogP contribution in [0.2, 0.25) is 0 Å². The Morgan fingerprint density at radius 2 is 2.11 bits per heavy atom. The highest BCUT2D eigenvalue weighted by Gasteiger charge is 2.12. The van der Waals surface area contributed by atoms with Crippen molar-refractivity contribution in [2.24, 2.45) is 17.6 Å². The highest BCUT2D eigenvalue weighted by molar-refractivity contribution is 5.77. The van der Waals surface area contributed by atoms with Crippen LogP contribution < -0.4 is 11.7 Å². The monoisotopic (exact) mass is 131 g/mol. The number of hydrazine groups is 2. The number of carbonyl (C=O) groups is 1. The number of rotatable bonds is 2. The maximum Gasteiger partial charge on any atom is 0.253 e. The van der Waals surface area contributed by atoms with Gasteiger partial charge >= 0.3 is 0 Å². The lowest BCUT2D eigenvalue weighted by molar-refractivity contribution is -0.135. The first-order valence-corrected chi connectivity index (χ1v) is 2.93. The molecule has 0 aliphatic heterocycles. The Balaban J connectivity index is 3.73. The predicted molar refractivity (Wildman–Crippen MR) is 34.7 cm³/mol. The van der Waals surface area contributed by atoms with Gasteiger partial charge in [-0.15, -0.1) is 0 Å². The van der Waals surface area contributed by atoms with Crippen LogP contribution in [-0.2, 0) is 4.79 Å². The Labute approximate surface area is 54.7 Å². The fourth-order valence-corrected chi connectivity index (χ4v) is 0.429. The van der Waals surface area contributed by atoms with Gasteiger partial charge in [0.25, 0.3) is 5.91 Å². The normalized spacial score (nSPS) is 12.9. The van der Waals surface area contributed by atoms with Gasteiger partial charge in [0.15, 0.2) is 0 Å². The first-order valence-electron chi connectivity index (χ1n) is 2.93. The van der Waals surface area contributed by atoms with Crippen LogP contribution in [0.15, 0.2) is 0 Å². The molecule has 0 aromatic rings. The summed E-state index contributed by atoms with van der Waals surface area (Å²) in [6.45, 7) is 3.70. The summed E-state index contributed by atoms with van der Waals surface area (Å²) >= 11 is 0. The van der Waals surface area contributed by atoms with Gasteiger partial charge < -0.3 is 0 Å². The van der Waals surface area contributed by atoms with Gasteiger partial charge in [0, 0.05) is 5.92 Å². The summed E-state index contributed by atoms with van der Waals surface area (Å²) in [5, 5.41) is 0.633. The lowest BCUT2D eigenvalue weighted by Gasteiger charge is -2.13. The molecule has 0 radical (unpaired) electrons. The van der Waals surface area contributed by atoms with Crippen molar-refractivity contribution in [2.45, 2.75) is 20.3 Å². The first kappa shape index (κ1) is 8.39. The second kappa shape index (κ2) is 3.42. The van der Waals surface area contributed by atoms with Crippen LogP contribution in [0.4, 0.5) is 0 Å². The highest BCUT2D eigenvalue weighted by atomic mass is 16.2. The van der Waals surface area contributed by atoms with Crippen molar-refractivity contribution < 1.29 is 4.79 Å². The molecule has 0 rings (SSSR count). The van der Waals surface area contributed by atoms with Crippen molar-refractivity contribution in [2.75, 3.05) is 0 Å². The van der Waals surface area contributed by atoms with Crippen LogP contribution in [0, 0.1) is 5.92 Å². The minimum atomic E-state index is -0.225. The number of nitrogens with zero attached hydrogens (tertiary/aromatic N) is 1. The van der Waals surface area contributed by atoms with E-state index in [1.165, 1.54) is 0 Å². The molecule has 0 aliphatic rings. The average molecular weight is 131 g/mol. The van der Waals surface area contributed by atoms with E-state index in [2.05, 4.69) is 0 Å². The number of hydrogen-bond donors (Lipinski definition) is 2. The fourth-order valence-electron chi connectivity index (χ4n) is 0.429. The summed E-state index contributed by atoms with van der Waals surface area (Å²) in [6, 6.07) is 0. The minimum absolute atomic E-state index is 0.0694. The van der Waals surface area contributed by atoms with E-state index in [4.69, 9.17) is 11.7 Å². The van der Waals surface area contributed by atoms with Crippen molar-refractivity contribution >= 4 is 5.91 Å². The van der Waals surface area contributed by atoms with Gasteiger partial charge in [-0.25, -0.2) is 16.8 Å². The number of hydrogen-bond acceptors (Lipinski definition) is 3. The molecule has 0 aliphatic carbocycles. The summed E-state index contributed by atoms with van der Waals surface area (Å²) in [7, 11) is 0. The largest absolute Gasteiger partial charge is 0.272 e. The molecule has 4 heteroatoms. The molecule has 4 N–H and O–H groups in total. The summed E-state index contributed by atoms with van der Waals surface area (Å²) in [6.07, 6.45) is 0.768. The van der Waals surface area contributed by atoms with Gasteiger partial charge in [-0.1, -0.05) is 13.8 Å². The Kier molecular flexibility index (Phi) is 3.19. The number of carbonyl (C=O) groups excluding carboxylic acids is 1. The average Bonchev–Trinajstić information content (AvgIpc) is 1.84. The van der Waals surface area contributed by atoms with E-state index in [1.807, 2.05) is 6.92 Å². The van der Waals surface area contributed by atoms with Gasteiger partial charge in [-0.2, -0.15) is 0 Å². The van der Waals surface area contributed by atoms with Crippen LogP contribution in [0.3, 0.4) is 0 Å². The summed E-state index contributed by atoms with van der Waals surface area (Å²) < 4.78 is 0. The van der Waals surface area contributed by atoms with Crippen molar-refractivity contribution in [1.29, 1.82) is 0 Å². The van der Waals surface area contributed by atoms with Crippen LogP contribution in [-0.4, -0.2) is 11.0 Å². The third-order valence-electron chi connectivity index (χ3n) is 1.29. The molecule has 0 saturated heterocycles. The van der Waals surface area contributed by atoms with Gasteiger partial charge in [-0.3, -0.25) is 4.79 Å². The Morgan fingerprint density at radius 1 is 1.67 bits per heavy atom. The second-order valence-corrected chi connectivity index (χ2v) is 2.05. The van der Waals surface area contributed by atoms with Crippen LogP contribution >= 0.6 is 0 Å². The van der Waals surface area contributed by atoms with E-state index in [9.17, 15) is 4.79 Å². The van der Waals surface area contributed by atoms with Crippen LogP contribution in [0.25, 0.3) is 0 Å². The molecular formula is C5H13N3O. The second-order valence-electron chi connectivity index (χ2n) is 2.05. The number of amides is 1. The molecule has 0 saturated carbocycles. The van der Waals surface area contributed by atoms with E-state index >= 15 is 0 Å². The molecule has 0 fully saturated rings.